The molecular weight excluding hydrogens is 300 g/mol. The minimum absolute atomic E-state index is 0.103. The first-order valence-corrected chi connectivity index (χ1v) is 9.12. The number of sulfone groups is 1. The molecule has 0 amide bonds. The molecule has 1 saturated heterocycles. The number of hydrogen-bond acceptors (Lipinski definition) is 7. The van der Waals surface area contributed by atoms with Crippen LogP contribution in [0.3, 0.4) is 0 Å². The summed E-state index contributed by atoms with van der Waals surface area (Å²) in [5.41, 5.74) is 1.02. The van der Waals surface area contributed by atoms with Crippen LogP contribution in [0.2, 0.25) is 0 Å². The van der Waals surface area contributed by atoms with Gasteiger partial charge in [-0.05, 0) is 38.2 Å². The Hall–Kier alpha value is -1.15. The maximum atomic E-state index is 11.9. The van der Waals surface area contributed by atoms with E-state index in [0.29, 0.717) is 29.3 Å². The van der Waals surface area contributed by atoms with E-state index in [0.717, 1.165) is 6.42 Å². The fourth-order valence-electron chi connectivity index (χ4n) is 2.23. The van der Waals surface area contributed by atoms with Crippen molar-refractivity contribution in [3.05, 3.63) is 11.3 Å². The Labute approximate surface area is 122 Å². The Morgan fingerprint density at radius 1 is 1.55 bits per heavy atom. The monoisotopic (exact) mass is 318 g/mol. The summed E-state index contributed by atoms with van der Waals surface area (Å²) in [6.07, 6.45) is 1.42. The number of hydrogen-bond donors (Lipinski definition) is 1. The Kier molecular flexibility index (Phi) is 4.64. The van der Waals surface area contributed by atoms with Crippen LogP contribution < -0.4 is 5.32 Å². The maximum absolute atomic E-state index is 11.9. The van der Waals surface area contributed by atoms with E-state index >= 15 is 0 Å². The molecule has 1 aromatic rings. The molecule has 0 spiro atoms. The lowest BCUT2D eigenvalue weighted by molar-refractivity contribution is 0.0527. The van der Waals surface area contributed by atoms with Crippen LogP contribution in [0.4, 0.5) is 5.00 Å². The van der Waals surface area contributed by atoms with Gasteiger partial charge in [0.25, 0.3) is 0 Å². The first-order valence-electron chi connectivity index (χ1n) is 6.53. The SMILES string of the molecule is CCOC(=O)c1c(C)nsc1NC1CCCS(=O)(=O)C1. The summed E-state index contributed by atoms with van der Waals surface area (Å²) in [7, 11) is -2.98. The van der Waals surface area contributed by atoms with Gasteiger partial charge in [-0.1, -0.05) is 0 Å². The smallest absolute Gasteiger partial charge is 0.343 e. The number of anilines is 1. The number of carbonyl (C=O) groups excluding carboxylic acids is 1. The van der Waals surface area contributed by atoms with Crippen molar-refractivity contribution >= 4 is 32.3 Å². The highest BCUT2D eigenvalue weighted by molar-refractivity contribution is 7.91. The molecule has 0 aliphatic carbocycles. The largest absolute Gasteiger partial charge is 0.462 e. The topological polar surface area (TPSA) is 85.4 Å². The van der Waals surface area contributed by atoms with Crippen LogP contribution in [-0.2, 0) is 14.6 Å². The summed E-state index contributed by atoms with van der Waals surface area (Å²) in [5.74, 6) is -0.0657. The zero-order valence-corrected chi connectivity index (χ0v) is 13.1. The van der Waals surface area contributed by atoms with E-state index < -0.39 is 15.8 Å². The van der Waals surface area contributed by atoms with Crippen molar-refractivity contribution in [2.75, 3.05) is 23.4 Å². The molecule has 0 aromatic carbocycles. The van der Waals surface area contributed by atoms with E-state index in [4.69, 9.17) is 4.74 Å². The van der Waals surface area contributed by atoms with Crippen LogP contribution in [0.25, 0.3) is 0 Å². The van der Waals surface area contributed by atoms with E-state index in [-0.39, 0.29) is 17.5 Å². The van der Waals surface area contributed by atoms with Gasteiger partial charge in [0.05, 0.1) is 23.8 Å². The zero-order valence-electron chi connectivity index (χ0n) is 11.5. The van der Waals surface area contributed by atoms with E-state index in [1.165, 1.54) is 11.5 Å². The quantitative estimate of drug-likeness (QED) is 0.849. The third-order valence-corrected chi connectivity index (χ3v) is 5.83. The Morgan fingerprint density at radius 2 is 2.30 bits per heavy atom. The highest BCUT2D eigenvalue weighted by atomic mass is 32.2. The molecule has 0 radical (unpaired) electrons. The minimum Gasteiger partial charge on any atom is -0.462 e. The van der Waals surface area contributed by atoms with Crippen LogP contribution in [0.15, 0.2) is 0 Å². The molecule has 112 valence electrons. The second-order valence-corrected chi connectivity index (χ2v) is 7.79. The molecule has 0 saturated carbocycles. The predicted molar refractivity (Wildman–Crippen MR) is 78.1 cm³/mol. The molecule has 8 heteroatoms. The van der Waals surface area contributed by atoms with Gasteiger partial charge >= 0.3 is 5.97 Å². The number of aryl methyl sites for hydroxylation is 1. The first kappa shape index (κ1) is 15.2. The molecule has 2 rings (SSSR count). The lowest BCUT2D eigenvalue weighted by Crippen LogP contribution is -2.35. The number of esters is 1. The predicted octanol–water partition coefficient (Wildman–Crippen LogP) is 1.62. The van der Waals surface area contributed by atoms with Crippen LogP contribution in [-0.4, -0.2) is 42.9 Å². The molecule has 2 heterocycles. The summed E-state index contributed by atoms with van der Waals surface area (Å²) >= 11 is 1.17. The number of carbonyl (C=O) groups is 1. The van der Waals surface area contributed by atoms with Crippen molar-refractivity contribution in [2.45, 2.75) is 32.7 Å². The van der Waals surface area contributed by atoms with E-state index in [9.17, 15) is 13.2 Å². The van der Waals surface area contributed by atoms with Gasteiger partial charge in [0.1, 0.15) is 10.6 Å². The lowest BCUT2D eigenvalue weighted by atomic mass is 10.2. The van der Waals surface area contributed by atoms with Gasteiger partial charge in [-0.15, -0.1) is 0 Å². The molecular formula is C12H18N2O4S2. The van der Waals surface area contributed by atoms with Crippen molar-refractivity contribution in [3.8, 4) is 0 Å². The van der Waals surface area contributed by atoms with Crippen molar-refractivity contribution in [1.82, 2.24) is 4.37 Å². The summed E-state index contributed by atoms with van der Waals surface area (Å²) in [6.45, 7) is 3.78. The molecule has 0 bridgehead atoms. The molecule has 1 unspecified atom stereocenters. The third-order valence-electron chi connectivity index (χ3n) is 3.14. The zero-order chi connectivity index (χ0) is 14.8. The average molecular weight is 318 g/mol. The van der Waals surface area contributed by atoms with E-state index in [1.54, 1.807) is 13.8 Å². The number of rotatable bonds is 4. The molecule has 1 atom stereocenters. The van der Waals surface area contributed by atoms with Crippen LogP contribution in [0.1, 0.15) is 35.8 Å². The molecule has 1 fully saturated rings. The fourth-order valence-corrected chi connectivity index (χ4v) is 4.73. The highest BCUT2D eigenvalue weighted by Crippen LogP contribution is 2.28. The maximum Gasteiger partial charge on any atom is 0.343 e. The number of ether oxygens (including phenoxy) is 1. The number of nitrogens with zero attached hydrogens (tertiary/aromatic N) is 1. The van der Waals surface area contributed by atoms with Crippen molar-refractivity contribution < 1.29 is 17.9 Å². The van der Waals surface area contributed by atoms with Crippen LogP contribution in [0.5, 0.6) is 0 Å². The van der Waals surface area contributed by atoms with E-state index in [2.05, 4.69) is 9.69 Å². The summed E-state index contributed by atoms with van der Waals surface area (Å²) < 4.78 is 32.4. The van der Waals surface area contributed by atoms with Gasteiger partial charge in [0, 0.05) is 6.04 Å². The van der Waals surface area contributed by atoms with Gasteiger partial charge in [0.15, 0.2) is 9.84 Å². The molecule has 1 N–H and O–H groups in total. The molecule has 6 nitrogen and oxygen atoms in total. The Morgan fingerprint density at radius 3 is 2.95 bits per heavy atom. The van der Waals surface area contributed by atoms with Crippen molar-refractivity contribution in [2.24, 2.45) is 0 Å². The summed E-state index contributed by atoms with van der Waals surface area (Å²) in [4.78, 5) is 11.9. The molecule has 1 aliphatic rings. The summed E-state index contributed by atoms with van der Waals surface area (Å²) in [5, 5.41) is 3.74. The van der Waals surface area contributed by atoms with Crippen LogP contribution in [0, 0.1) is 6.92 Å². The average Bonchev–Trinajstić information content (AvgIpc) is 2.69. The Balaban J connectivity index is 2.16. The van der Waals surface area contributed by atoms with Gasteiger partial charge in [0.2, 0.25) is 0 Å². The third kappa shape index (κ3) is 3.49. The second kappa shape index (κ2) is 6.09. The normalized spacial score (nSPS) is 21.4. The van der Waals surface area contributed by atoms with Crippen LogP contribution >= 0.6 is 11.5 Å². The molecule has 1 aromatic heterocycles. The number of nitrogens with one attached hydrogen (secondary N) is 1. The van der Waals surface area contributed by atoms with Gasteiger partial charge < -0.3 is 10.1 Å². The standard InChI is InChI=1S/C12H18N2O4S2/c1-3-18-12(15)10-8(2)14-19-11(10)13-9-5-4-6-20(16,17)7-9/h9,13H,3-7H2,1-2H3. The minimum atomic E-state index is -2.98. The number of aromatic nitrogens is 1. The second-order valence-electron chi connectivity index (χ2n) is 4.79. The fraction of sp³-hybridized carbons (Fsp3) is 0.667. The van der Waals surface area contributed by atoms with Crippen molar-refractivity contribution in [3.63, 3.8) is 0 Å². The van der Waals surface area contributed by atoms with Gasteiger partial charge in [-0.25, -0.2) is 13.2 Å². The highest BCUT2D eigenvalue weighted by Gasteiger charge is 2.27. The van der Waals surface area contributed by atoms with E-state index in [1.807, 2.05) is 0 Å². The van der Waals surface area contributed by atoms with Gasteiger partial charge in [-0.2, -0.15) is 4.37 Å². The van der Waals surface area contributed by atoms with Gasteiger partial charge in [-0.3, -0.25) is 0 Å². The van der Waals surface area contributed by atoms with Crippen molar-refractivity contribution in [1.29, 1.82) is 0 Å². The first-order chi connectivity index (χ1) is 9.43. The molecule has 1 aliphatic heterocycles. The Bertz CT molecular complexity index is 595. The summed E-state index contributed by atoms with van der Waals surface area (Å²) in [6, 6.07) is -0.165. The molecule has 20 heavy (non-hydrogen) atoms. The lowest BCUT2D eigenvalue weighted by Gasteiger charge is -2.23.